The Balaban J connectivity index is 1.99. The summed E-state index contributed by atoms with van der Waals surface area (Å²) in [6, 6.07) is 3.65. The highest BCUT2D eigenvalue weighted by atomic mass is 32.1. The van der Waals surface area contributed by atoms with E-state index in [4.69, 9.17) is 0 Å². The van der Waals surface area contributed by atoms with Crippen LogP contribution >= 0.6 is 11.3 Å². The zero-order valence-electron chi connectivity index (χ0n) is 12.6. The van der Waals surface area contributed by atoms with E-state index >= 15 is 0 Å². The molecule has 1 aromatic rings. The number of nitrogens with one attached hydrogen (secondary N) is 1. The molecule has 1 fully saturated rings. The summed E-state index contributed by atoms with van der Waals surface area (Å²) in [5.74, 6) is 0.771. The van der Waals surface area contributed by atoms with E-state index in [1.165, 1.54) is 31.4 Å². The lowest BCUT2D eigenvalue weighted by molar-refractivity contribution is 0.0961. The monoisotopic (exact) mass is 280 g/mol. The van der Waals surface area contributed by atoms with Crippen molar-refractivity contribution in [3.63, 3.8) is 0 Å². The number of thiophene rings is 1. The van der Waals surface area contributed by atoms with Crippen LogP contribution in [0, 0.1) is 5.92 Å². The Labute approximate surface area is 122 Å². The Morgan fingerprint density at radius 3 is 2.95 bits per heavy atom. The molecule has 3 heteroatoms. The Morgan fingerprint density at radius 1 is 1.47 bits per heavy atom. The summed E-state index contributed by atoms with van der Waals surface area (Å²) in [5, 5.41) is 8.26. The van der Waals surface area contributed by atoms with Gasteiger partial charge in [-0.2, -0.15) is 11.3 Å². The van der Waals surface area contributed by atoms with Gasteiger partial charge in [0.2, 0.25) is 0 Å². The Bertz CT molecular complexity index is 350. The summed E-state index contributed by atoms with van der Waals surface area (Å²) in [4.78, 5) is 2.71. The molecule has 1 aliphatic heterocycles. The summed E-state index contributed by atoms with van der Waals surface area (Å²) >= 11 is 1.81. The first-order chi connectivity index (χ1) is 9.24. The molecule has 1 N–H and O–H groups in total. The lowest BCUT2D eigenvalue weighted by atomic mass is 9.94. The molecule has 0 aliphatic carbocycles. The van der Waals surface area contributed by atoms with Gasteiger partial charge in [-0.3, -0.25) is 4.90 Å². The van der Waals surface area contributed by atoms with Crippen molar-refractivity contribution in [3.05, 3.63) is 22.4 Å². The van der Waals surface area contributed by atoms with E-state index < -0.39 is 0 Å². The van der Waals surface area contributed by atoms with E-state index in [0.29, 0.717) is 12.1 Å². The van der Waals surface area contributed by atoms with Gasteiger partial charge in [-0.1, -0.05) is 33.6 Å². The first kappa shape index (κ1) is 15.0. The molecule has 2 nitrogen and oxygen atoms in total. The van der Waals surface area contributed by atoms with Crippen LogP contribution in [0.2, 0.25) is 0 Å². The highest BCUT2D eigenvalue weighted by Crippen LogP contribution is 2.21. The zero-order valence-corrected chi connectivity index (χ0v) is 13.4. The van der Waals surface area contributed by atoms with Gasteiger partial charge in [0, 0.05) is 31.7 Å². The molecule has 1 aromatic heterocycles. The van der Waals surface area contributed by atoms with E-state index in [-0.39, 0.29) is 0 Å². The maximum absolute atomic E-state index is 3.78. The van der Waals surface area contributed by atoms with Gasteiger partial charge in [0.1, 0.15) is 0 Å². The molecule has 1 aliphatic rings. The minimum absolute atomic E-state index is 0.664. The Kier molecular flexibility index (Phi) is 5.86. The van der Waals surface area contributed by atoms with E-state index in [9.17, 15) is 0 Å². The number of piperazine rings is 1. The fourth-order valence-corrected chi connectivity index (χ4v) is 3.64. The highest BCUT2D eigenvalue weighted by Gasteiger charge is 2.29. The fraction of sp³-hybridized carbons (Fsp3) is 0.750. The molecule has 0 saturated carbocycles. The maximum Gasteiger partial charge on any atom is 0.0246 e. The molecule has 3 atom stereocenters. The first-order valence-corrected chi connectivity index (χ1v) is 8.67. The van der Waals surface area contributed by atoms with E-state index in [0.717, 1.165) is 19.0 Å². The standard InChI is InChI=1S/C16H28N2S/c1-4-6-15-9-17-16(13(3)5-2)11-18(15)10-14-7-8-19-12-14/h7-8,12-13,15-17H,4-6,9-11H2,1-3H3. The molecule has 0 aromatic carbocycles. The number of rotatable bonds is 6. The Hall–Kier alpha value is -0.380. The lowest BCUT2D eigenvalue weighted by Crippen LogP contribution is -2.57. The van der Waals surface area contributed by atoms with Crippen LogP contribution in [0.25, 0.3) is 0 Å². The van der Waals surface area contributed by atoms with Gasteiger partial charge < -0.3 is 5.32 Å². The van der Waals surface area contributed by atoms with Gasteiger partial charge >= 0.3 is 0 Å². The zero-order chi connectivity index (χ0) is 13.7. The number of hydrogen-bond donors (Lipinski definition) is 1. The van der Waals surface area contributed by atoms with Crippen molar-refractivity contribution in [2.24, 2.45) is 5.92 Å². The third-order valence-electron chi connectivity index (χ3n) is 4.48. The SMILES string of the molecule is CCCC1CNC(C(C)CC)CN1Cc1ccsc1. The summed E-state index contributed by atoms with van der Waals surface area (Å²) in [5.41, 5.74) is 1.48. The minimum atomic E-state index is 0.664. The van der Waals surface area contributed by atoms with Crippen LogP contribution in [-0.2, 0) is 6.54 Å². The predicted octanol–water partition coefficient (Wildman–Crippen LogP) is 3.74. The normalized spacial score (nSPS) is 26.5. The molecular formula is C16H28N2S. The van der Waals surface area contributed by atoms with Crippen LogP contribution in [0.3, 0.4) is 0 Å². The summed E-state index contributed by atoms with van der Waals surface area (Å²) in [7, 11) is 0. The average molecular weight is 280 g/mol. The largest absolute Gasteiger partial charge is 0.311 e. The van der Waals surface area contributed by atoms with Crippen molar-refractivity contribution in [1.82, 2.24) is 10.2 Å². The Morgan fingerprint density at radius 2 is 2.32 bits per heavy atom. The molecule has 0 radical (unpaired) electrons. The topological polar surface area (TPSA) is 15.3 Å². The average Bonchev–Trinajstić information content (AvgIpc) is 2.93. The van der Waals surface area contributed by atoms with Gasteiger partial charge in [-0.15, -0.1) is 0 Å². The van der Waals surface area contributed by atoms with E-state index in [1.807, 2.05) is 11.3 Å². The second-order valence-corrected chi connectivity index (χ2v) is 6.68. The van der Waals surface area contributed by atoms with Crippen molar-refractivity contribution >= 4 is 11.3 Å². The van der Waals surface area contributed by atoms with Crippen molar-refractivity contribution in [2.75, 3.05) is 13.1 Å². The predicted molar refractivity (Wildman–Crippen MR) is 84.7 cm³/mol. The smallest absolute Gasteiger partial charge is 0.0246 e. The summed E-state index contributed by atoms with van der Waals surface area (Å²) in [6.45, 7) is 10.5. The van der Waals surface area contributed by atoms with Crippen LogP contribution in [0.5, 0.6) is 0 Å². The van der Waals surface area contributed by atoms with Crippen LogP contribution in [0.15, 0.2) is 16.8 Å². The van der Waals surface area contributed by atoms with Crippen molar-refractivity contribution in [2.45, 2.75) is 58.7 Å². The van der Waals surface area contributed by atoms with Crippen LogP contribution < -0.4 is 5.32 Å². The summed E-state index contributed by atoms with van der Waals surface area (Å²) in [6.07, 6.45) is 3.85. The van der Waals surface area contributed by atoms with Crippen molar-refractivity contribution < 1.29 is 0 Å². The third-order valence-corrected chi connectivity index (χ3v) is 5.21. The second kappa shape index (κ2) is 7.41. The highest BCUT2D eigenvalue weighted by molar-refractivity contribution is 7.07. The van der Waals surface area contributed by atoms with Crippen molar-refractivity contribution in [3.8, 4) is 0 Å². The van der Waals surface area contributed by atoms with Crippen LogP contribution in [0.1, 0.15) is 45.6 Å². The number of nitrogens with zero attached hydrogens (tertiary/aromatic N) is 1. The molecule has 0 amide bonds. The molecule has 0 bridgehead atoms. The van der Waals surface area contributed by atoms with Gasteiger partial charge in [-0.25, -0.2) is 0 Å². The quantitative estimate of drug-likeness (QED) is 0.854. The first-order valence-electron chi connectivity index (χ1n) is 7.73. The van der Waals surface area contributed by atoms with E-state index in [2.05, 4.69) is 47.8 Å². The van der Waals surface area contributed by atoms with Crippen LogP contribution in [-0.4, -0.2) is 30.1 Å². The molecule has 19 heavy (non-hydrogen) atoms. The molecule has 1 saturated heterocycles. The minimum Gasteiger partial charge on any atom is -0.311 e. The molecular weight excluding hydrogens is 252 g/mol. The lowest BCUT2D eigenvalue weighted by Gasteiger charge is -2.42. The third kappa shape index (κ3) is 4.04. The fourth-order valence-electron chi connectivity index (χ4n) is 2.98. The van der Waals surface area contributed by atoms with Gasteiger partial charge in [0.05, 0.1) is 0 Å². The summed E-state index contributed by atoms with van der Waals surface area (Å²) < 4.78 is 0. The van der Waals surface area contributed by atoms with E-state index in [1.54, 1.807) is 0 Å². The molecule has 3 unspecified atom stereocenters. The molecule has 108 valence electrons. The maximum atomic E-state index is 3.78. The van der Waals surface area contributed by atoms with Gasteiger partial charge in [0.15, 0.2) is 0 Å². The number of hydrogen-bond acceptors (Lipinski definition) is 3. The molecule has 2 rings (SSSR count). The van der Waals surface area contributed by atoms with Crippen LogP contribution in [0.4, 0.5) is 0 Å². The molecule has 0 spiro atoms. The van der Waals surface area contributed by atoms with Gasteiger partial charge in [0.25, 0.3) is 0 Å². The van der Waals surface area contributed by atoms with Crippen molar-refractivity contribution in [1.29, 1.82) is 0 Å². The van der Waals surface area contributed by atoms with Gasteiger partial charge in [-0.05, 0) is 34.7 Å². The second-order valence-electron chi connectivity index (χ2n) is 5.90. The molecule has 2 heterocycles.